The van der Waals surface area contributed by atoms with Crippen LogP contribution in [0.1, 0.15) is 32.3 Å². The molecule has 0 bridgehead atoms. The van der Waals surface area contributed by atoms with Crippen molar-refractivity contribution in [1.29, 1.82) is 0 Å². The molecule has 0 unspecified atom stereocenters. The van der Waals surface area contributed by atoms with Crippen LogP contribution in [0.3, 0.4) is 0 Å². The Morgan fingerprint density at radius 1 is 1.18 bits per heavy atom. The van der Waals surface area contributed by atoms with E-state index in [-0.39, 0.29) is 0 Å². The summed E-state index contributed by atoms with van der Waals surface area (Å²) in [5.74, 6) is 0. The Labute approximate surface area is 108 Å². The smallest absolute Gasteiger partial charge is 0.0345 e. The summed E-state index contributed by atoms with van der Waals surface area (Å²) in [5.41, 5.74) is 1.52. The minimum absolute atomic E-state index is 0.608. The van der Waals surface area contributed by atoms with Crippen molar-refractivity contribution < 1.29 is 0 Å². The molecule has 0 amide bonds. The minimum atomic E-state index is 0.608. The normalized spacial score (nSPS) is 11.5. The molecule has 0 fully saturated rings. The zero-order valence-electron chi connectivity index (χ0n) is 10.7. The van der Waals surface area contributed by atoms with Crippen molar-refractivity contribution >= 4 is 21.4 Å². The molecule has 2 aromatic rings. The molecule has 0 aliphatic rings. The Balaban J connectivity index is 1.83. The first-order valence-corrected chi connectivity index (χ1v) is 7.34. The van der Waals surface area contributed by atoms with Crippen molar-refractivity contribution in [2.75, 3.05) is 6.54 Å². The van der Waals surface area contributed by atoms with Crippen LogP contribution >= 0.6 is 11.3 Å². The third kappa shape index (κ3) is 3.55. The van der Waals surface area contributed by atoms with E-state index < -0.39 is 0 Å². The molecule has 1 aromatic carbocycles. The summed E-state index contributed by atoms with van der Waals surface area (Å²) in [4.78, 5) is 0. The Bertz CT molecular complexity index is 459. The van der Waals surface area contributed by atoms with Gasteiger partial charge in [-0.1, -0.05) is 32.0 Å². The number of unbranched alkanes of at least 4 members (excludes halogenated alkanes) is 1. The SMILES string of the molecule is CC(C)NCCCCc1csc2ccccc12. The van der Waals surface area contributed by atoms with E-state index in [0.717, 1.165) is 6.54 Å². The standard InChI is InChI=1S/C15H21NS/c1-12(2)16-10-6-5-7-13-11-17-15-9-4-3-8-14(13)15/h3-4,8-9,11-12,16H,5-7,10H2,1-2H3. The van der Waals surface area contributed by atoms with Gasteiger partial charge in [0.1, 0.15) is 0 Å². The Hall–Kier alpha value is -0.860. The van der Waals surface area contributed by atoms with Gasteiger partial charge in [0, 0.05) is 10.7 Å². The van der Waals surface area contributed by atoms with Gasteiger partial charge in [-0.2, -0.15) is 0 Å². The molecule has 2 rings (SSSR count). The van der Waals surface area contributed by atoms with E-state index in [1.54, 1.807) is 0 Å². The maximum absolute atomic E-state index is 3.47. The number of aryl methyl sites for hydroxylation is 1. The maximum Gasteiger partial charge on any atom is 0.0345 e. The van der Waals surface area contributed by atoms with Gasteiger partial charge in [-0.3, -0.25) is 0 Å². The van der Waals surface area contributed by atoms with Crippen LogP contribution in [0.15, 0.2) is 29.6 Å². The van der Waals surface area contributed by atoms with Crippen molar-refractivity contribution in [3.8, 4) is 0 Å². The topological polar surface area (TPSA) is 12.0 Å². The largest absolute Gasteiger partial charge is 0.315 e. The van der Waals surface area contributed by atoms with Crippen molar-refractivity contribution in [2.24, 2.45) is 0 Å². The molecule has 92 valence electrons. The van der Waals surface area contributed by atoms with Gasteiger partial charge in [0.25, 0.3) is 0 Å². The van der Waals surface area contributed by atoms with E-state index in [9.17, 15) is 0 Å². The predicted octanol–water partition coefficient (Wildman–Crippen LogP) is 4.22. The van der Waals surface area contributed by atoms with Gasteiger partial charge in [0.2, 0.25) is 0 Å². The zero-order chi connectivity index (χ0) is 12.1. The second kappa shape index (κ2) is 6.18. The fourth-order valence-electron chi connectivity index (χ4n) is 2.06. The highest BCUT2D eigenvalue weighted by Gasteiger charge is 2.02. The quantitative estimate of drug-likeness (QED) is 0.754. The molecule has 0 spiro atoms. The minimum Gasteiger partial charge on any atom is -0.315 e. The van der Waals surface area contributed by atoms with Gasteiger partial charge in [-0.15, -0.1) is 11.3 Å². The Morgan fingerprint density at radius 2 is 2.00 bits per heavy atom. The van der Waals surface area contributed by atoms with Gasteiger partial charge in [-0.25, -0.2) is 0 Å². The summed E-state index contributed by atoms with van der Waals surface area (Å²) < 4.78 is 1.42. The van der Waals surface area contributed by atoms with E-state index >= 15 is 0 Å². The average Bonchev–Trinajstić information content (AvgIpc) is 2.72. The van der Waals surface area contributed by atoms with Crippen LogP contribution in [0.5, 0.6) is 0 Å². The number of rotatable bonds is 6. The Morgan fingerprint density at radius 3 is 2.82 bits per heavy atom. The molecular weight excluding hydrogens is 226 g/mol. The molecule has 0 saturated heterocycles. The summed E-state index contributed by atoms with van der Waals surface area (Å²) >= 11 is 1.87. The van der Waals surface area contributed by atoms with E-state index in [1.165, 1.54) is 34.9 Å². The highest BCUT2D eigenvalue weighted by atomic mass is 32.1. The first-order valence-electron chi connectivity index (χ1n) is 6.46. The molecule has 0 saturated carbocycles. The molecular formula is C15H21NS. The lowest BCUT2D eigenvalue weighted by Crippen LogP contribution is -2.23. The monoisotopic (exact) mass is 247 g/mol. The summed E-state index contributed by atoms with van der Waals surface area (Å²) in [6, 6.07) is 9.32. The van der Waals surface area contributed by atoms with E-state index in [0.29, 0.717) is 6.04 Å². The second-order valence-corrected chi connectivity index (χ2v) is 5.73. The zero-order valence-corrected chi connectivity index (χ0v) is 11.5. The molecule has 1 aromatic heterocycles. The molecule has 17 heavy (non-hydrogen) atoms. The first-order chi connectivity index (χ1) is 8.27. The van der Waals surface area contributed by atoms with Gasteiger partial charge >= 0.3 is 0 Å². The summed E-state index contributed by atoms with van der Waals surface area (Å²) in [6.07, 6.45) is 3.76. The summed E-state index contributed by atoms with van der Waals surface area (Å²) in [7, 11) is 0. The molecule has 0 atom stereocenters. The van der Waals surface area contributed by atoms with Gasteiger partial charge in [0.05, 0.1) is 0 Å². The van der Waals surface area contributed by atoms with Crippen LogP contribution in [0.2, 0.25) is 0 Å². The van der Waals surface area contributed by atoms with Gasteiger partial charge in [-0.05, 0) is 48.2 Å². The Kier molecular flexibility index (Phi) is 4.57. The number of hydrogen-bond donors (Lipinski definition) is 1. The molecule has 1 heterocycles. The van der Waals surface area contributed by atoms with Crippen LogP contribution in [-0.4, -0.2) is 12.6 Å². The lowest BCUT2D eigenvalue weighted by atomic mass is 10.1. The van der Waals surface area contributed by atoms with Crippen LogP contribution in [0.25, 0.3) is 10.1 Å². The highest BCUT2D eigenvalue weighted by Crippen LogP contribution is 2.26. The van der Waals surface area contributed by atoms with Crippen LogP contribution in [0.4, 0.5) is 0 Å². The van der Waals surface area contributed by atoms with Crippen molar-refractivity contribution in [1.82, 2.24) is 5.32 Å². The molecule has 0 radical (unpaired) electrons. The number of nitrogens with one attached hydrogen (secondary N) is 1. The number of benzene rings is 1. The van der Waals surface area contributed by atoms with E-state index in [2.05, 4.69) is 48.8 Å². The van der Waals surface area contributed by atoms with Gasteiger partial charge in [0.15, 0.2) is 0 Å². The maximum atomic E-state index is 3.47. The first kappa shape index (κ1) is 12.6. The third-order valence-electron chi connectivity index (χ3n) is 2.99. The van der Waals surface area contributed by atoms with Crippen LogP contribution in [-0.2, 0) is 6.42 Å². The van der Waals surface area contributed by atoms with Crippen LogP contribution in [0, 0.1) is 0 Å². The number of fused-ring (bicyclic) bond motifs is 1. The molecule has 0 aliphatic carbocycles. The molecule has 1 N–H and O–H groups in total. The van der Waals surface area contributed by atoms with Gasteiger partial charge < -0.3 is 5.32 Å². The summed E-state index contributed by atoms with van der Waals surface area (Å²) in [6.45, 7) is 5.54. The van der Waals surface area contributed by atoms with Crippen molar-refractivity contribution in [3.63, 3.8) is 0 Å². The third-order valence-corrected chi connectivity index (χ3v) is 4.00. The lowest BCUT2D eigenvalue weighted by Gasteiger charge is -2.07. The summed E-state index contributed by atoms with van der Waals surface area (Å²) in [5, 5.41) is 7.24. The van der Waals surface area contributed by atoms with E-state index in [4.69, 9.17) is 0 Å². The van der Waals surface area contributed by atoms with Crippen molar-refractivity contribution in [2.45, 2.75) is 39.2 Å². The fourth-order valence-corrected chi connectivity index (χ4v) is 3.05. The number of thiophene rings is 1. The number of hydrogen-bond acceptors (Lipinski definition) is 2. The van der Waals surface area contributed by atoms with Crippen molar-refractivity contribution in [3.05, 3.63) is 35.2 Å². The predicted molar refractivity (Wildman–Crippen MR) is 77.9 cm³/mol. The average molecular weight is 247 g/mol. The lowest BCUT2D eigenvalue weighted by molar-refractivity contribution is 0.558. The van der Waals surface area contributed by atoms with E-state index in [1.807, 2.05) is 11.3 Å². The highest BCUT2D eigenvalue weighted by molar-refractivity contribution is 7.17. The van der Waals surface area contributed by atoms with Crippen LogP contribution < -0.4 is 5.32 Å². The second-order valence-electron chi connectivity index (χ2n) is 4.82. The fraction of sp³-hybridized carbons (Fsp3) is 0.467. The molecule has 0 aliphatic heterocycles. The molecule has 2 heteroatoms. The molecule has 1 nitrogen and oxygen atoms in total.